The summed E-state index contributed by atoms with van der Waals surface area (Å²) in [5, 5.41) is 18.8. The van der Waals surface area contributed by atoms with Gasteiger partial charge in [-0.2, -0.15) is 4.39 Å². The van der Waals surface area contributed by atoms with Crippen LogP contribution in [0.1, 0.15) is 18.4 Å². The summed E-state index contributed by atoms with van der Waals surface area (Å²) in [6, 6.07) is 2.35. The molecule has 2 rings (SSSR count). The minimum absolute atomic E-state index is 0.111. The number of likely N-dealkylation sites (tertiary alicyclic amines) is 1. The Bertz CT molecular complexity index is 438. The molecule has 0 radical (unpaired) electrons. The van der Waals surface area contributed by atoms with Crippen molar-refractivity contribution in [3.8, 4) is 0 Å². The summed E-state index contributed by atoms with van der Waals surface area (Å²) in [7, 11) is 0. The van der Waals surface area contributed by atoms with E-state index in [4.69, 9.17) is 5.11 Å². The average molecular weight is 268 g/mol. The standard InChI is InChI=1S/C13H17FN2O3/c14-12-3-1-9(7-15-12)2-4-13(19)16-6-5-11(18)10(16)8-17/h1,3,7,10-11,17-18H,2,4-6,8H2/t10-,11+/m0/s1. The van der Waals surface area contributed by atoms with Gasteiger partial charge in [-0.15, -0.1) is 0 Å². The van der Waals surface area contributed by atoms with E-state index in [1.54, 1.807) is 6.07 Å². The van der Waals surface area contributed by atoms with E-state index in [9.17, 15) is 14.3 Å². The van der Waals surface area contributed by atoms with Crippen LogP contribution in [0, 0.1) is 5.95 Å². The molecule has 0 aromatic carbocycles. The van der Waals surface area contributed by atoms with Crippen molar-refractivity contribution in [1.29, 1.82) is 0 Å². The van der Waals surface area contributed by atoms with Crippen LogP contribution in [-0.2, 0) is 11.2 Å². The number of nitrogens with zero attached hydrogens (tertiary/aromatic N) is 2. The number of hydrogen-bond donors (Lipinski definition) is 2. The van der Waals surface area contributed by atoms with Crippen LogP contribution >= 0.6 is 0 Å². The van der Waals surface area contributed by atoms with Gasteiger partial charge in [0.2, 0.25) is 11.9 Å². The molecule has 5 nitrogen and oxygen atoms in total. The number of carbonyl (C=O) groups excluding carboxylic acids is 1. The summed E-state index contributed by atoms with van der Waals surface area (Å²) in [6.45, 7) is 0.234. The molecule has 0 spiro atoms. The summed E-state index contributed by atoms with van der Waals surface area (Å²) in [4.78, 5) is 17.1. The number of aliphatic hydroxyl groups is 2. The molecule has 1 amide bonds. The highest BCUT2D eigenvalue weighted by atomic mass is 19.1. The molecule has 0 aliphatic carbocycles. The van der Waals surface area contributed by atoms with Gasteiger partial charge in [0.1, 0.15) is 0 Å². The Morgan fingerprint density at radius 2 is 2.32 bits per heavy atom. The monoisotopic (exact) mass is 268 g/mol. The average Bonchev–Trinajstić information content (AvgIpc) is 2.79. The van der Waals surface area contributed by atoms with Crippen LogP contribution in [0.3, 0.4) is 0 Å². The van der Waals surface area contributed by atoms with Gasteiger partial charge in [0.05, 0.1) is 18.8 Å². The zero-order chi connectivity index (χ0) is 13.8. The first-order valence-electron chi connectivity index (χ1n) is 6.30. The quantitative estimate of drug-likeness (QED) is 0.760. The molecular formula is C13H17FN2O3. The highest BCUT2D eigenvalue weighted by Crippen LogP contribution is 2.19. The van der Waals surface area contributed by atoms with E-state index in [1.165, 1.54) is 17.2 Å². The Kier molecular flexibility index (Phi) is 4.44. The van der Waals surface area contributed by atoms with E-state index in [1.807, 2.05) is 0 Å². The zero-order valence-electron chi connectivity index (χ0n) is 10.5. The molecule has 0 bridgehead atoms. The minimum atomic E-state index is -0.651. The highest BCUT2D eigenvalue weighted by molar-refractivity contribution is 5.77. The SMILES string of the molecule is O=C(CCc1ccc(F)nc1)N1CC[C@@H](O)[C@@H]1CO. The molecule has 1 aromatic rings. The fourth-order valence-corrected chi connectivity index (χ4v) is 2.32. The van der Waals surface area contributed by atoms with E-state index < -0.39 is 18.1 Å². The van der Waals surface area contributed by atoms with Gasteiger partial charge in [0.25, 0.3) is 0 Å². The van der Waals surface area contributed by atoms with Crippen LogP contribution in [-0.4, -0.2) is 51.3 Å². The summed E-state index contributed by atoms with van der Waals surface area (Å²) in [6.07, 6.45) is 1.98. The molecule has 1 aliphatic heterocycles. The van der Waals surface area contributed by atoms with Crippen molar-refractivity contribution in [2.24, 2.45) is 0 Å². The molecule has 2 N–H and O–H groups in total. The van der Waals surface area contributed by atoms with Gasteiger partial charge in [-0.1, -0.05) is 6.07 Å². The Balaban J connectivity index is 1.89. The molecule has 1 aromatic heterocycles. The van der Waals surface area contributed by atoms with Gasteiger partial charge in [-0.05, 0) is 24.5 Å². The van der Waals surface area contributed by atoms with Crippen molar-refractivity contribution in [2.75, 3.05) is 13.2 Å². The molecular weight excluding hydrogens is 251 g/mol. The number of halogens is 1. The maximum absolute atomic E-state index is 12.6. The van der Waals surface area contributed by atoms with Crippen molar-refractivity contribution in [2.45, 2.75) is 31.4 Å². The lowest BCUT2D eigenvalue weighted by atomic mass is 10.1. The van der Waals surface area contributed by atoms with Gasteiger partial charge in [0, 0.05) is 19.2 Å². The minimum Gasteiger partial charge on any atom is -0.394 e. The van der Waals surface area contributed by atoms with Crippen molar-refractivity contribution in [3.05, 3.63) is 29.8 Å². The van der Waals surface area contributed by atoms with Gasteiger partial charge >= 0.3 is 0 Å². The Morgan fingerprint density at radius 3 is 2.95 bits per heavy atom. The van der Waals surface area contributed by atoms with Gasteiger partial charge in [-0.25, -0.2) is 4.98 Å². The van der Waals surface area contributed by atoms with Gasteiger partial charge < -0.3 is 15.1 Å². The molecule has 6 heteroatoms. The fourth-order valence-electron chi connectivity index (χ4n) is 2.32. The lowest BCUT2D eigenvalue weighted by Crippen LogP contribution is -2.42. The third-order valence-electron chi connectivity index (χ3n) is 3.43. The maximum Gasteiger partial charge on any atom is 0.223 e. The summed E-state index contributed by atoms with van der Waals surface area (Å²) < 4.78 is 12.6. The fraction of sp³-hybridized carbons (Fsp3) is 0.538. The number of aryl methyl sites for hydroxylation is 1. The molecule has 0 unspecified atom stereocenters. The first-order chi connectivity index (χ1) is 9.11. The molecule has 0 saturated carbocycles. The number of carbonyl (C=O) groups is 1. The van der Waals surface area contributed by atoms with E-state index in [0.29, 0.717) is 19.4 Å². The van der Waals surface area contributed by atoms with Crippen LogP contribution in [0.2, 0.25) is 0 Å². The molecule has 1 saturated heterocycles. The Hall–Kier alpha value is -1.53. The van der Waals surface area contributed by atoms with Crippen molar-refractivity contribution < 1.29 is 19.4 Å². The van der Waals surface area contributed by atoms with Crippen molar-refractivity contribution >= 4 is 5.91 Å². The predicted octanol–water partition coefficient (Wildman–Crippen LogP) is 0.107. The van der Waals surface area contributed by atoms with Gasteiger partial charge in [-0.3, -0.25) is 4.79 Å². The summed E-state index contributed by atoms with van der Waals surface area (Å²) in [5.74, 6) is -0.655. The van der Waals surface area contributed by atoms with Crippen LogP contribution in [0.15, 0.2) is 18.3 Å². The second-order valence-electron chi connectivity index (χ2n) is 4.68. The van der Waals surface area contributed by atoms with E-state index in [0.717, 1.165) is 5.56 Å². The third-order valence-corrected chi connectivity index (χ3v) is 3.43. The van der Waals surface area contributed by atoms with Crippen LogP contribution < -0.4 is 0 Å². The first-order valence-corrected chi connectivity index (χ1v) is 6.30. The van der Waals surface area contributed by atoms with Crippen LogP contribution in [0.25, 0.3) is 0 Å². The summed E-state index contributed by atoms with van der Waals surface area (Å²) >= 11 is 0. The number of pyridine rings is 1. The summed E-state index contributed by atoms with van der Waals surface area (Å²) in [5.41, 5.74) is 0.787. The largest absolute Gasteiger partial charge is 0.394 e. The number of hydrogen-bond acceptors (Lipinski definition) is 4. The normalized spacial score (nSPS) is 22.8. The Labute approximate surface area is 110 Å². The van der Waals surface area contributed by atoms with E-state index in [2.05, 4.69) is 4.98 Å². The highest BCUT2D eigenvalue weighted by Gasteiger charge is 2.34. The van der Waals surface area contributed by atoms with Crippen molar-refractivity contribution in [3.63, 3.8) is 0 Å². The van der Waals surface area contributed by atoms with E-state index >= 15 is 0 Å². The molecule has 2 atom stereocenters. The second-order valence-corrected chi connectivity index (χ2v) is 4.68. The lowest BCUT2D eigenvalue weighted by Gasteiger charge is -2.24. The molecule has 1 fully saturated rings. The lowest BCUT2D eigenvalue weighted by molar-refractivity contribution is -0.133. The van der Waals surface area contributed by atoms with E-state index in [-0.39, 0.29) is 18.9 Å². The topological polar surface area (TPSA) is 73.7 Å². The molecule has 104 valence electrons. The molecule has 19 heavy (non-hydrogen) atoms. The Morgan fingerprint density at radius 1 is 1.53 bits per heavy atom. The van der Waals surface area contributed by atoms with Crippen LogP contribution in [0.5, 0.6) is 0 Å². The third kappa shape index (κ3) is 3.27. The van der Waals surface area contributed by atoms with Crippen molar-refractivity contribution in [1.82, 2.24) is 9.88 Å². The maximum atomic E-state index is 12.6. The zero-order valence-corrected chi connectivity index (χ0v) is 10.5. The second kappa shape index (κ2) is 6.08. The number of rotatable bonds is 4. The molecule has 1 aliphatic rings. The smallest absolute Gasteiger partial charge is 0.223 e. The first kappa shape index (κ1) is 13.9. The predicted molar refractivity (Wildman–Crippen MR) is 65.7 cm³/mol. The molecule has 2 heterocycles. The van der Waals surface area contributed by atoms with Crippen LogP contribution in [0.4, 0.5) is 4.39 Å². The van der Waals surface area contributed by atoms with Gasteiger partial charge in [0.15, 0.2) is 0 Å². The number of aliphatic hydroxyl groups excluding tert-OH is 2. The number of aromatic nitrogens is 1. The number of amides is 1.